The first-order chi connectivity index (χ1) is 12.7. The van der Waals surface area contributed by atoms with E-state index < -0.39 is 0 Å². The van der Waals surface area contributed by atoms with Crippen molar-refractivity contribution in [2.75, 3.05) is 0 Å². The maximum Gasteiger partial charge on any atom is 0.274 e. The summed E-state index contributed by atoms with van der Waals surface area (Å²) in [6.07, 6.45) is 3.56. The van der Waals surface area contributed by atoms with Gasteiger partial charge in [-0.3, -0.25) is 9.89 Å². The molecular weight excluding hydrogens is 368 g/mol. The van der Waals surface area contributed by atoms with Crippen LogP contribution in [0.3, 0.4) is 0 Å². The number of imidazole rings is 1. The Morgan fingerprint density at radius 1 is 1.12 bits per heavy atom. The maximum atomic E-state index is 12.9. The molecule has 0 fully saturated rings. The Morgan fingerprint density at radius 3 is 2.77 bits per heavy atom. The first kappa shape index (κ1) is 15.3. The molecule has 0 atom stereocenters. The molecule has 5 nitrogen and oxygen atoms in total. The molecule has 0 amide bonds. The summed E-state index contributed by atoms with van der Waals surface area (Å²) in [4.78, 5) is 18.1. The van der Waals surface area contributed by atoms with E-state index >= 15 is 0 Å². The highest BCUT2D eigenvalue weighted by atomic mass is 35.5. The van der Waals surface area contributed by atoms with Crippen LogP contribution in [0.4, 0.5) is 0 Å². The van der Waals surface area contributed by atoms with E-state index in [1.54, 1.807) is 10.6 Å². The van der Waals surface area contributed by atoms with Gasteiger partial charge in [-0.15, -0.1) is 0 Å². The lowest BCUT2D eigenvalue weighted by atomic mass is 10.1. The number of fused-ring (bicyclic) bond motifs is 3. The highest BCUT2D eigenvalue weighted by Gasteiger charge is 2.12. The van der Waals surface area contributed by atoms with E-state index in [9.17, 15) is 4.79 Å². The highest BCUT2D eigenvalue weighted by Crippen LogP contribution is 2.23. The summed E-state index contributed by atoms with van der Waals surface area (Å²) in [7, 11) is 0. The van der Waals surface area contributed by atoms with E-state index in [0.717, 1.165) is 27.9 Å². The summed E-state index contributed by atoms with van der Waals surface area (Å²) in [5, 5.41) is 7.80. The third kappa shape index (κ3) is 2.34. The van der Waals surface area contributed by atoms with E-state index in [2.05, 4.69) is 15.2 Å². The summed E-state index contributed by atoms with van der Waals surface area (Å²) >= 11 is 7.34. The Morgan fingerprint density at radius 2 is 1.92 bits per heavy atom. The number of hydrogen-bond acceptors (Lipinski definition) is 4. The SMILES string of the molecule is O=c1c(=Cc2cn[nH]c2-c2ccc(Cl)cc2)sc2nc3ccccc3n12. The topological polar surface area (TPSA) is 63.0 Å². The van der Waals surface area contributed by atoms with Gasteiger partial charge in [-0.2, -0.15) is 5.10 Å². The largest absolute Gasteiger partial charge is 0.277 e. The minimum Gasteiger partial charge on any atom is -0.277 e. The molecule has 0 aliphatic rings. The van der Waals surface area contributed by atoms with Gasteiger partial charge in [-0.05, 0) is 30.3 Å². The van der Waals surface area contributed by atoms with Gasteiger partial charge in [0.05, 0.1) is 27.5 Å². The van der Waals surface area contributed by atoms with E-state index in [1.165, 1.54) is 11.3 Å². The molecule has 0 spiro atoms. The van der Waals surface area contributed by atoms with E-state index in [1.807, 2.05) is 54.6 Å². The second-order valence-electron chi connectivity index (χ2n) is 5.84. The molecule has 5 rings (SSSR count). The van der Waals surface area contributed by atoms with Crippen LogP contribution in [0.25, 0.3) is 33.3 Å². The van der Waals surface area contributed by atoms with Crippen LogP contribution in [0.15, 0.2) is 59.5 Å². The van der Waals surface area contributed by atoms with Crippen LogP contribution in [0.1, 0.15) is 5.56 Å². The van der Waals surface area contributed by atoms with Crippen LogP contribution in [0.5, 0.6) is 0 Å². The fourth-order valence-corrected chi connectivity index (χ4v) is 4.11. The Hall–Kier alpha value is -2.96. The number of para-hydroxylation sites is 2. The van der Waals surface area contributed by atoms with Crippen LogP contribution >= 0.6 is 22.9 Å². The highest BCUT2D eigenvalue weighted by molar-refractivity contribution is 7.15. The summed E-state index contributed by atoms with van der Waals surface area (Å²) in [5.74, 6) is 0. The summed E-state index contributed by atoms with van der Waals surface area (Å²) in [6, 6.07) is 15.1. The zero-order valence-electron chi connectivity index (χ0n) is 13.3. The lowest BCUT2D eigenvalue weighted by Gasteiger charge is -1.99. The molecule has 126 valence electrons. The monoisotopic (exact) mass is 378 g/mol. The number of hydrogen-bond donors (Lipinski definition) is 1. The van der Waals surface area contributed by atoms with Gasteiger partial charge in [0.25, 0.3) is 5.56 Å². The zero-order valence-corrected chi connectivity index (χ0v) is 14.9. The van der Waals surface area contributed by atoms with Crippen molar-refractivity contribution in [2.45, 2.75) is 0 Å². The first-order valence-corrected chi connectivity index (χ1v) is 9.11. The molecule has 0 aliphatic carbocycles. The van der Waals surface area contributed by atoms with Gasteiger partial charge in [-0.25, -0.2) is 9.38 Å². The quantitative estimate of drug-likeness (QED) is 0.511. The molecule has 0 aliphatic heterocycles. The second kappa shape index (κ2) is 5.79. The van der Waals surface area contributed by atoms with Gasteiger partial charge < -0.3 is 0 Å². The standard InChI is InChI=1S/C19H11ClN4OS/c20-13-7-5-11(6-8-13)17-12(10-21-23-17)9-16-18(25)24-15-4-2-1-3-14(15)22-19(24)26-16/h1-10H,(H,21,23). The summed E-state index contributed by atoms with van der Waals surface area (Å²) in [5.41, 5.74) is 4.23. The first-order valence-electron chi connectivity index (χ1n) is 7.92. The zero-order chi connectivity index (χ0) is 17.7. The molecule has 7 heteroatoms. The van der Waals surface area contributed by atoms with Crippen molar-refractivity contribution in [3.8, 4) is 11.3 Å². The molecular formula is C19H11ClN4OS. The molecule has 0 unspecified atom stereocenters. The third-order valence-electron chi connectivity index (χ3n) is 4.23. The number of nitrogens with zero attached hydrogens (tertiary/aromatic N) is 3. The maximum absolute atomic E-state index is 12.9. The van der Waals surface area contributed by atoms with Gasteiger partial charge >= 0.3 is 0 Å². The number of thiazole rings is 1. The second-order valence-corrected chi connectivity index (χ2v) is 7.29. The minimum absolute atomic E-state index is 0.0676. The van der Waals surface area contributed by atoms with Gasteiger partial charge in [0, 0.05) is 16.1 Å². The molecule has 0 saturated heterocycles. The van der Waals surface area contributed by atoms with Crippen molar-refractivity contribution in [1.29, 1.82) is 0 Å². The summed E-state index contributed by atoms with van der Waals surface area (Å²) in [6.45, 7) is 0. The lowest BCUT2D eigenvalue weighted by molar-refractivity contribution is 1.10. The Kier molecular flexibility index (Phi) is 3.41. The molecule has 0 saturated carbocycles. The van der Waals surface area contributed by atoms with E-state index in [-0.39, 0.29) is 5.56 Å². The molecule has 3 heterocycles. The Balaban J connectivity index is 1.71. The van der Waals surface area contributed by atoms with E-state index in [0.29, 0.717) is 14.5 Å². The predicted octanol–water partition coefficient (Wildman–Crippen LogP) is 3.50. The molecule has 0 radical (unpaired) electrons. The van der Waals surface area contributed by atoms with Crippen LogP contribution < -0.4 is 10.1 Å². The van der Waals surface area contributed by atoms with Crippen LogP contribution in [-0.2, 0) is 0 Å². The van der Waals surface area contributed by atoms with Crippen molar-refractivity contribution in [3.63, 3.8) is 0 Å². The van der Waals surface area contributed by atoms with Crippen molar-refractivity contribution >= 4 is 45.0 Å². The van der Waals surface area contributed by atoms with Crippen LogP contribution in [-0.4, -0.2) is 19.6 Å². The minimum atomic E-state index is -0.0676. The van der Waals surface area contributed by atoms with Gasteiger partial charge in [0.15, 0.2) is 4.96 Å². The number of aromatic amines is 1. The van der Waals surface area contributed by atoms with Crippen molar-refractivity contribution in [2.24, 2.45) is 0 Å². The summed E-state index contributed by atoms with van der Waals surface area (Å²) < 4.78 is 2.28. The van der Waals surface area contributed by atoms with Crippen LogP contribution in [0.2, 0.25) is 5.02 Å². The Bertz CT molecular complexity index is 1360. The van der Waals surface area contributed by atoms with Crippen LogP contribution in [0, 0.1) is 0 Å². The predicted molar refractivity (Wildman–Crippen MR) is 105 cm³/mol. The van der Waals surface area contributed by atoms with Gasteiger partial charge in [0.1, 0.15) is 0 Å². The molecule has 1 N–H and O–H groups in total. The number of benzene rings is 2. The molecule has 26 heavy (non-hydrogen) atoms. The molecule has 0 bridgehead atoms. The van der Waals surface area contributed by atoms with Crippen molar-refractivity contribution < 1.29 is 0 Å². The van der Waals surface area contributed by atoms with Gasteiger partial charge in [-0.1, -0.05) is 47.2 Å². The normalized spacial score (nSPS) is 12.4. The fourth-order valence-electron chi connectivity index (χ4n) is 3.01. The number of aromatic nitrogens is 4. The van der Waals surface area contributed by atoms with E-state index in [4.69, 9.17) is 11.6 Å². The Labute approximate surface area is 156 Å². The van der Waals surface area contributed by atoms with Crippen molar-refractivity contribution in [1.82, 2.24) is 19.6 Å². The fraction of sp³-hybridized carbons (Fsp3) is 0. The number of rotatable bonds is 2. The molecule has 2 aromatic carbocycles. The average Bonchev–Trinajstić information content (AvgIpc) is 3.32. The third-order valence-corrected chi connectivity index (χ3v) is 5.45. The smallest absolute Gasteiger partial charge is 0.274 e. The average molecular weight is 379 g/mol. The van der Waals surface area contributed by atoms with Gasteiger partial charge in [0.2, 0.25) is 0 Å². The lowest BCUT2D eigenvalue weighted by Crippen LogP contribution is -2.22. The van der Waals surface area contributed by atoms with Crippen molar-refractivity contribution in [3.05, 3.63) is 80.2 Å². The number of H-pyrrole nitrogens is 1. The molecule has 3 aromatic heterocycles. The number of halogens is 1. The number of nitrogens with one attached hydrogen (secondary N) is 1. The molecule has 5 aromatic rings.